The molecule has 0 spiro atoms. The van der Waals surface area contributed by atoms with Gasteiger partial charge >= 0.3 is 0 Å². The number of methoxy groups -OCH3 is 1. The van der Waals surface area contributed by atoms with Crippen molar-refractivity contribution in [1.29, 1.82) is 0 Å². The average Bonchev–Trinajstić information content (AvgIpc) is 3.36. The van der Waals surface area contributed by atoms with E-state index in [4.69, 9.17) is 15.5 Å². The molecule has 5 rings (SSSR count). The Hall–Kier alpha value is -2.97. The standard InChI is InChI=1S/C22H20N4O2S2/c1-28-17-9-5-3-7-13(17)16-11-29-22(25-16)26-20(27)19-18(23)14-10-12-6-2-4-8-15(12)24-21(14)30-19/h3,5,7,9-11H,2,4,6,8,23H2,1H3,(H,25,26,27). The Morgan fingerprint density at radius 2 is 2.03 bits per heavy atom. The van der Waals surface area contributed by atoms with E-state index in [1.807, 2.05) is 29.6 Å². The van der Waals surface area contributed by atoms with Gasteiger partial charge in [0.2, 0.25) is 0 Å². The highest BCUT2D eigenvalue weighted by atomic mass is 32.1. The van der Waals surface area contributed by atoms with E-state index in [2.05, 4.69) is 16.4 Å². The third-order valence-electron chi connectivity index (χ3n) is 5.31. The van der Waals surface area contributed by atoms with Crippen molar-refractivity contribution in [2.45, 2.75) is 25.7 Å². The van der Waals surface area contributed by atoms with E-state index < -0.39 is 0 Å². The Morgan fingerprint density at radius 3 is 2.90 bits per heavy atom. The number of amides is 1. The van der Waals surface area contributed by atoms with Crippen molar-refractivity contribution in [1.82, 2.24) is 9.97 Å². The van der Waals surface area contributed by atoms with Gasteiger partial charge in [-0.15, -0.1) is 22.7 Å². The molecule has 30 heavy (non-hydrogen) atoms. The second-order valence-electron chi connectivity index (χ2n) is 7.19. The normalized spacial score (nSPS) is 13.2. The molecule has 0 aliphatic heterocycles. The topological polar surface area (TPSA) is 90.1 Å². The highest BCUT2D eigenvalue weighted by Crippen LogP contribution is 2.37. The molecular formula is C22H20N4O2S2. The molecule has 3 N–H and O–H groups in total. The smallest absolute Gasteiger partial charge is 0.269 e. The molecule has 0 bridgehead atoms. The van der Waals surface area contributed by atoms with Crippen molar-refractivity contribution < 1.29 is 9.53 Å². The summed E-state index contributed by atoms with van der Waals surface area (Å²) in [5.41, 5.74) is 10.9. The average molecular weight is 437 g/mol. The number of thiazole rings is 1. The number of carbonyl (C=O) groups excluding carboxylic acids is 1. The number of hydrogen-bond acceptors (Lipinski definition) is 7. The first-order chi connectivity index (χ1) is 14.6. The minimum Gasteiger partial charge on any atom is -0.496 e. The molecule has 1 aliphatic carbocycles. The van der Waals surface area contributed by atoms with Gasteiger partial charge in [-0.05, 0) is 49.4 Å². The van der Waals surface area contributed by atoms with Crippen LogP contribution in [0.3, 0.4) is 0 Å². The van der Waals surface area contributed by atoms with Crippen LogP contribution in [0.2, 0.25) is 0 Å². The molecule has 0 unspecified atom stereocenters. The Kier molecular flexibility index (Phi) is 4.88. The van der Waals surface area contributed by atoms with Gasteiger partial charge in [-0.3, -0.25) is 10.1 Å². The molecule has 8 heteroatoms. The number of benzene rings is 1. The van der Waals surface area contributed by atoms with E-state index in [0.717, 1.165) is 52.2 Å². The largest absolute Gasteiger partial charge is 0.496 e. The van der Waals surface area contributed by atoms with Gasteiger partial charge < -0.3 is 10.5 Å². The summed E-state index contributed by atoms with van der Waals surface area (Å²) in [6.45, 7) is 0. The van der Waals surface area contributed by atoms with Crippen LogP contribution in [0.4, 0.5) is 10.8 Å². The molecule has 3 aromatic heterocycles. The molecule has 0 radical (unpaired) electrons. The summed E-state index contributed by atoms with van der Waals surface area (Å²) in [6, 6.07) is 9.78. The maximum atomic E-state index is 12.9. The highest BCUT2D eigenvalue weighted by molar-refractivity contribution is 7.21. The van der Waals surface area contributed by atoms with Crippen molar-refractivity contribution in [3.8, 4) is 17.0 Å². The van der Waals surface area contributed by atoms with Gasteiger partial charge in [0.05, 0.1) is 18.5 Å². The number of rotatable bonds is 4. The van der Waals surface area contributed by atoms with Crippen molar-refractivity contribution in [3.05, 3.63) is 51.8 Å². The second-order valence-corrected chi connectivity index (χ2v) is 9.05. The predicted molar refractivity (Wildman–Crippen MR) is 123 cm³/mol. The minimum absolute atomic E-state index is 0.255. The Balaban J connectivity index is 1.43. The first-order valence-electron chi connectivity index (χ1n) is 9.75. The molecule has 1 aliphatic rings. The number of nitrogens with one attached hydrogen (secondary N) is 1. The molecule has 0 saturated carbocycles. The van der Waals surface area contributed by atoms with Crippen LogP contribution in [0, 0.1) is 0 Å². The van der Waals surface area contributed by atoms with Crippen molar-refractivity contribution in [2.24, 2.45) is 0 Å². The fourth-order valence-electron chi connectivity index (χ4n) is 3.79. The number of carbonyl (C=O) groups is 1. The minimum atomic E-state index is -0.255. The molecule has 1 aromatic carbocycles. The monoisotopic (exact) mass is 436 g/mol. The lowest BCUT2D eigenvalue weighted by Crippen LogP contribution is -2.11. The first kappa shape index (κ1) is 19.0. The predicted octanol–water partition coefficient (Wildman–Crippen LogP) is 5.14. The van der Waals surface area contributed by atoms with Gasteiger partial charge in [0.25, 0.3) is 5.91 Å². The summed E-state index contributed by atoms with van der Waals surface area (Å²) in [7, 11) is 1.63. The Morgan fingerprint density at radius 1 is 1.20 bits per heavy atom. The quantitative estimate of drug-likeness (QED) is 0.462. The number of anilines is 2. The number of hydrogen-bond donors (Lipinski definition) is 2. The van der Waals surface area contributed by atoms with E-state index in [1.165, 1.54) is 34.7 Å². The molecule has 0 atom stereocenters. The number of para-hydroxylation sites is 1. The lowest BCUT2D eigenvalue weighted by molar-refractivity contribution is 0.103. The van der Waals surface area contributed by atoms with Crippen LogP contribution in [0.5, 0.6) is 5.75 Å². The highest BCUT2D eigenvalue weighted by Gasteiger charge is 2.21. The van der Waals surface area contributed by atoms with Crippen LogP contribution in [-0.2, 0) is 12.8 Å². The van der Waals surface area contributed by atoms with Crippen LogP contribution < -0.4 is 15.8 Å². The number of nitrogen functional groups attached to an aromatic ring is 1. The Bertz CT molecular complexity index is 1260. The third-order valence-corrected chi connectivity index (χ3v) is 7.18. The van der Waals surface area contributed by atoms with Crippen LogP contribution in [0.25, 0.3) is 21.5 Å². The SMILES string of the molecule is COc1ccccc1-c1csc(NC(=O)c2sc3nc4c(cc3c2N)CCCC4)n1. The second kappa shape index (κ2) is 7.70. The van der Waals surface area contributed by atoms with Gasteiger partial charge in [-0.1, -0.05) is 12.1 Å². The number of ether oxygens (including phenoxy) is 1. The van der Waals surface area contributed by atoms with Crippen LogP contribution in [-0.4, -0.2) is 23.0 Å². The molecular weight excluding hydrogens is 416 g/mol. The zero-order valence-electron chi connectivity index (χ0n) is 16.4. The van der Waals surface area contributed by atoms with Gasteiger partial charge in [-0.2, -0.15) is 0 Å². The first-order valence-corrected chi connectivity index (χ1v) is 11.4. The zero-order valence-corrected chi connectivity index (χ0v) is 18.0. The number of thiophene rings is 1. The van der Waals surface area contributed by atoms with Gasteiger partial charge in [-0.25, -0.2) is 9.97 Å². The van der Waals surface area contributed by atoms with Gasteiger partial charge in [0.15, 0.2) is 5.13 Å². The molecule has 0 fully saturated rings. The number of aromatic nitrogens is 2. The maximum Gasteiger partial charge on any atom is 0.269 e. The van der Waals surface area contributed by atoms with Crippen molar-refractivity contribution in [3.63, 3.8) is 0 Å². The van der Waals surface area contributed by atoms with Gasteiger partial charge in [0, 0.05) is 22.0 Å². The summed E-state index contributed by atoms with van der Waals surface area (Å²) in [5.74, 6) is 0.485. The number of nitrogens with zero attached hydrogens (tertiary/aromatic N) is 2. The Labute approximate surface area is 181 Å². The molecule has 0 saturated heterocycles. The van der Waals surface area contributed by atoms with Crippen LogP contribution >= 0.6 is 22.7 Å². The number of nitrogens with two attached hydrogens (primary N) is 1. The number of pyridine rings is 1. The van der Waals surface area contributed by atoms with Crippen molar-refractivity contribution in [2.75, 3.05) is 18.2 Å². The lowest BCUT2D eigenvalue weighted by Gasteiger charge is -2.14. The molecule has 1 amide bonds. The van der Waals surface area contributed by atoms with Crippen molar-refractivity contribution >= 4 is 49.6 Å². The fraction of sp³-hybridized carbons (Fsp3) is 0.227. The molecule has 4 aromatic rings. The van der Waals surface area contributed by atoms with E-state index in [1.54, 1.807) is 7.11 Å². The number of fused-ring (bicyclic) bond motifs is 2. The molecule has 6 nitrogen and oxygen atoms in total. The van der Waals surface area contributed by atoms with Gasteiger partial charge in [0.1, 0.15) is 15.5 Å². The van der Waals surface area contributed by atoms with Crippen LogP contribution in [0.15, 0.2) is 35.7 Å². The molecule has 152 valence electrons. The van der Waals surface area contributed by atoms with E-state index in [-0.39, 0.29) is 5.91 Å². The number of aryl methyl sites for hydroxylation is 2. The lowest BCUT2D eigenvalue weighted by atomic mass is 9.95. The third kappa shape index (κ3) is 3.32. The zero-order chi connectivity index (χ0) is 20.7. The summed E-state index contributed by atoms with van der Waals surface area (Å²) in [5, 5.41) is 6.18. The molecule has 3 heterocycles. The maximum absolute atomic E-state index is 12.9. The van der Waals surface area contributed by atoms with E-state index in [0.29, 0.717) is 15.7 Å². The fourth-order valence-corrected chi connectivity index (χ4v) is 5.49. The van der Waals surface area contributed by atoms with Crippen LogP contribution in [0.1, 0.15) is 33.8 Å². The van der Waals surface area contributed by atoms with E-state index >= 15 is 0 Å². The summed E-state index contributed by atoms with van der Waals surface area (Å²) in [4.78, 5) is 23.6. The van der Waals surface area contributed by atoms with E-state index in [9.17, 15) is 4.79 Å². The summed E-state index contributed by atoms with van der Waals surface area (Å²) < 4.78 is 5.41. The summed E-state index contributed by atoms with van der Waals surface area (Å²) in [6.07, 6.45) is 4.36. The summed E-state index contributed by atoms with van der Waals surface area (Å²) >= 11 is 2.71.